The van der Waals surface area contributed by atoms with Crippen molar-refractivity contribution in [3.05, 3.63) is 15.9 Å². The molecule has 1 amide bonds. The van der Waals surface area contributed by atoms with Crippen LogP contribution in [0.25, 0.3) is 0 Å². The fourth-order valence-electron chi connectivity index (χ4n) is 2.84. The molecule has 2 rings (SSSR count). The topological polar surface area (TPSA) is 46.9 Å². The van der Waals surface area contributed by atoms with E-state index in [1.54, 1.807) is 0 Å². The lowest BCUT2D eigenvalue weighted by molar-refractivity contribution is -0.125. The van der Waals surface area contributed by atoms with Gasteiger partial charge in [0.2, 0.25) is 5.91 Å². The van der Waals surface area contributed by atoms with E-state index in [0.717, 1.165) is 48.2 Å². The molecule has 112 valence electrons. The van der Waals surface area contributed by atoms with Crippen LogP contribution >= 0.6 is 15.9 Å². The maximum Gasteiger partial charge on any atom is 0.223 e. The van der Waals surface area contributed by atoms with Crippen LogP contribution in [0.1, 0.15) is 49.9 Å². The standard InChI is InChI=1S/C15H24BrN3O/c1-11-14(16)12(2)19(18-11)10-6-9-17-15(20)13-7-4-3-5-8-13/h13H,3-10H2,1-2H3,(H,17,20). The Morgan fingerprint density at radius 1 is 1.35 bits per heavy atom. The molecule has 1 N–H and O–H groups in total. The number of carbonyl (C=O) groups excluding carboxylic acids is 1. The van der Waals surface area contributed by atoms with Gasteiger partial charge in [-0.25, -0.2) is 0 Å². The Balaban J connectivity index is 1.70. The van der Waals surface area contributed by atoms with Crippen molar-refractivity contribution in [2.45, 2.75) is 58.9 Å². The molecule has 1 aromatic rings. The molecule has 0 atom stereocenters. The minimum Gasteiger partial charge on any atom is -0.356 e. The number of aromatic nitrogens is 2. The zero-order chi connectivity index (χ0) is 14.5. The van der Waals surface area contributed by atoms with E-state index >= 15 is 0 Å². The summed E-state index contributed by atoms with van der Waals surface area (Å²) < 4.78 is 3.09. The SMILES string of the molecule is Cc1nn(CCCNC(=O)C2CCCCC2)c(C)c1Br. The average Bonchev–Trinajstić information content (AvgIpc) is 2.71. The zero-order valence-electron chi connectivity index (χ0n) is 12.4. The fourth-order valence-corrected chi connectivity index (χ4v) is 3.13. The first-order valence-electron chi connectivity index (χ1n) is 7.57. The van der Waals surface area contributed by atoms with Gasteiger partial charge in [0, 0.05) is 24.7 Å². The molecule has 0 unspecified atom stereocenters. The highest BCUT2D eigenvalue weighted by Crippen LogP contribution is 2.23. The second kappa shape index (κ2) is 7.25. The Kier molecular flexibility index (Phi) is 5.64. The Morgan fingerprint density at radius 3 is 2.65 bits per heavy atom. The van der Waals surface area contributed by atoms with Gasteiger partial charge in [0.25, 0.3) is 0 Å². The van der Waals surface area contributed by atoms with Crippen LogP contribution in [-0.4, -0.2) is 22.2 Å². The molecule has 20 heavy (non-hydrogen) atoms. The summed E-state index contributed by atoms with van der Waals surface area (Å²) in [5, 5.41) is 7.55. The van der Waals surface area contributed by atoms with Crippen molar-refractivity contribution in [1.82, 2.24) is 15.1 Å². The first-order valence-corrected chi connectivity index (χ1v) is 8.36. The van der Waals surface area contributed by atoms with Crippen LogP contribution in [0, 0.1) is 19.8 Å². The summed E-state index contributed by atoms with van der Waals surface area (Å²) in [6, 6.07) is 0. The molecule has 1 aromatic heterocycles. The van der Waals surface area contributed by atoms with Gasteiger partial charge < -0.3 is 5.32 Å². The van der Waals surface area contributed by atoms with Gasteiger partial charge in [-0.05, 0) is 49.0 Å². The summed E-state index contributed by atoms with van der Waals surface area (Å²) in [5.74, 6) is 0.505. The number of aryl methyl sites for hydroxylation is 2. The third-order valence-corrected chi connectivity index (χ3v) is 5.26. The minimum absolute atomic E-state index is 0.249. The van der Waals surface area contributed by atoms with Crippen LogP contribution < -0.4 is 5.32 Å². The quantitative estimate of drug-likeness (QED) is 0.834. The zero-order valence-corrected chi connectivity index (χ0v) is 14.0. The van der Waals surface area contributed by atoms with E-state index < -0.39 is 0 Å². The molecule has 0 saturated heterocycles. The number of carbonyl (C=O) groups is 1. The molecule has 1 saturated carbocycles. The van der Waals surface area contributed by atoms with E-state index in [9.17, 15) is 4.79 Å². The minimum atomic E-state index is 0.249. The van der Waals surface area contributed by atoms with E-state index in [1.165, 1.54) is 19.3 Å². The number of nitrogens with zero attached hydrogens (tertiary/aromatic N) is 2. The predicted octanol–water partition coefficient (Wildman–Crippen LogP) is 3.35. The highest BCUT2D eigenvalue weighted by molar-refractivity contribution is 9.10. The molecule has 0 radical (unpaired) electrons. The van der Waals surface area contributed by atoms with Crippen molar-refractivity contribution in [1.29, 1.82) is 0 Å². The highest BCUT2D eigenvalue weighted by atomic mass is 79.9. The molecular formula is C15H24BrN3O. The van der Waals surface area contributed by atoms with Crippen LogP contribution in [0.2, 0.25) is 0 Å². The van der Waals surface area contributed by atoms with Crippen LogP contribution in [0.5, 0.6) is 0 Å². The molecule has 4 nitrogen and oxygen atoms in total. The summed E-state index contributed by atoms with van der Waals surface area (Å²) in [5.41, 5.74) is 2.18. The molecule has 1 fully saturated rings. The van der Waals surface area contributed by atoms with Gasteiger partial charge in [-0.3, -0.25) is 9.48 Å². The van der Waals surface area contributed by atoms with Gasteiger partial charge in [0.1, 0.15) is 0 Å². The molecule has 0 spiro atoms. The molecule has 0 aliphatic heterocycles. The fraction of sp³-hybridized carbons (Fsp3) is 0.733. The molecule has 5 heteroatoms. The Hall–Kier alpha value is -0.840. The van der Waals surface area contributed by atoms with Crippen LogP contribution in [-0.2, 0) is 11.3 Å². The number of amides is 1. The largest absolute Gasteiger partial charge is 0.356 e. The lowest BCUT2D eigenvalue weighted by Gasteiger charge is -2.20. The van der Waals surface area contributed by atoms with Crippen molar-refractivity contribution in [3.8, 4) is 0 Å². The Morgan fingerprint density at radius 2 is 2.05 bits per heavy atom. The highest BCUT2D eigenvalue weighted by Gasteiger charge is 2.20. The lowest BCUT2D eigenvalue weighted by Crippen LogP contribution is -2.33. The molecule has 0 bridgehead atoms. The number of nitrogens with one attached hydrogen (secondary N) is 1. The van der Waals surface area contributed by atoms with Crippen molar-refractivity contribution >= 4 is 21.8 Å². The van der Waals surface area contributed by atoms with Crippen molar-refractivity contribution in [3.63, 3.8) is 0 Å². The van der Waals surface area contributed by atoms with Gasteiger partial charge in [-0.1, -0.05) is 19.3 Å². The number of halogens is 1. The Labute approximate surface area is 129 Å². The molecule has 0 aromatic carbocycles. The summed E-state index contributed by atoms with van der Waals surface area (Å²) in [7, 11) is 0. The normalized spacial score (nSPS) is 16.4. The van der Waals surface area contributed by atoms with E-state index in [-0.39, 0.29) is 11.8 Å². The van der Waals surface area contributed by atoms with Crippen LogP contribution in [0.3, 0.4) is 0 Å². The summed E-state index contributed by atoms with van der Waals surface area (Å²) in [4.78, 5) is 12.0. The van der Waals surface area contributed by atoms with Crippen molar-refractivity contribution < 1.29 is 4.79 Å². The smallest absolute Gasteiger partial charge is 0.223 e. The number of hydrogen-bond donors (Lipinski definition) is 1. The van der Waals surface area contributed by atoms with Gasteiger partial charge in [0.15, 0.2) is 0 Å². The van der Waals surface area contributed by atoms with Gasteiger partial charge in [-0.2, -0.15) is 5.10 Å². The molecular weight excluding hydrogens is 318 g/mol. The van der Waals surface area contributed by atoms with Crippen molar-refractivity contribution in [2.75, 3.05) is 6.54 Å². The maximum atomic E-state index is 12.0. The summed E-state index contributed by atoms with van der Waals surface area (Å²) >= 11 is 3.53. The third kappa shape index (κ3) is 3.84. The van der Waals surface area contributed by atoms with E-state index in [0.29, 0.717) is 0 Å². The van der Waals surface area contributed by atoms with E-state index in [4.69, 9.17) is 0 Å². The van der Waals surface area contributed by atoms with E-state index in [2.05, 4.69) is 33.3 Å². The lowest BCUT2D eigenvalue weighted by atomic mass is 9.89. The van der Waals surface area contributed by atoms with Crippen molar-refractivity contribution in [2.24, 2.45) is 5.92 Å². The van der Waals surface area contributed by atoms with E-state index in [1.807, 2.05) is 11.6 Å². The maximum absolute atomic E-state index is 12.0. The Bertz CT molecular complexity index is 464. The summed E-state index contributed by atoms with van der Waals surface area (Å²) in [6.45, 7) is 5.65. The molecule has 1 aliphatic carbocycles. The molecule has 1 heterocycles. The van der Waals surface area contributed by atoms with Crippen LogP contribution in [0.15, 0.2) is 4.47 Å². The van der Waals surface area contributed by atoms with Gasteiger partial charge in [0.05, 0.1) is 10.2 Å². The monoisotopic (exact) mass is 341 g/mol. The number of rotatable bonds is 5. The predicted molar refractivity (Wildman–Crippen MR) is 83.6 cm³/mol. The summed E-state index contributed by atoms with van der Waals surface area (Å²) in [6.07, 6.45) is 6.76. The van der Waals surface area contributed by atoms with Crippen LogP contribution in [0.4, 0.5) is 0 Å². The number of hydrogen-bond acceptors (Lipinski definition) is 2. The molecule has 1 aliphatic rings. The first kappa shape index (κ1) is 15.5. The average molecular weight is 342 g/mol. The second-order valence-corrected chi connectivity index (χ2v) is 6.48. The second-order valence-electron chi connectivity index (χ2n) is 5.69. The first-order chi connectivity index (χ1) is 9.59. The third-order valence-electron chi connectivity index (χ3n) is 4.12. The van der Waals surface area contributed by atoms with Gasteiger partial charge in [-0.15, -0.1) is 0 Å². The van der Waals surface area contributed by atoms with Gasteiger partial charge >= 0.3 is 0 Å².